The second kappa shape index (κ2) is 5.43. The first-order valence-corrected chi connectivity index (χ1v) is 5.83. The van der Waals surface area contributed by atoms with Gasteiger partial charge in [-0.15, -0.1) is 0 Å². The molecule has 2 atom stereocenters. The molecule has 0 amide bonds. The summed E-state index contributed by atoms with van der Waals surface area (Å²) in [4.78, 5) is 0.646. The fourth-order valence-electron chi connectivity index (χ4n) is 1.52. The Kier molecular flexibility index (Phi) is 4.51. The molecule has 1 heteroatoms. The predicted octanol–water partition coefficient (Wildman–Crippen LogP) is 4.04. The normalized spacial score (nSPS) is 15.3. The van der Waals surface area contributed by atoms with Gasteiger partial charge >= 0.3 is 0 Å². The molecular weight excluding hydrogens is 224 g/mol. The van der Waals surface area contributed by atoms with Gasteiger partial charge in [-0.3, -0.25) is 0 Å². The minimum absolute atomic E-state index is 0.646. The Morgan fingerprint density at radius 1 is 1.23 bits per heavy atom. The molecule has 0 spiro atoms. The maximum atomic E-state index is 3.70. The molecule has 0 N–H and O–H groups in total. The molecule has 1 aromatic rings. The summed E-state index contributed by atoms with van der Waals surface area (Å²) in [6, 6.07) is 10.7. The smallest absolute Gasteiger partial charge is 0.0172 e. The summed E-state index contributed by atoms with van der Waals surface area (Å²) in [5.74, 6) is 0.715. The third-order valence-corrected chi connectivity index (χ3v) is 3.96. The maximum absolute atomic E-state index is 3.70. The average molecular weight is 241 g/mol. The lowest BCUT2D eigenvalue weighted by molar-refractivity contribution is 0.545. The van der Waals surface area contributed by atoms with Gasteiger partial charge in [-0.25, -0.2) is 0 Å². The van der Waals surface area contributed by atoms with Crippen molar-refractivity contribution in [3.63, 3.8) is 0 Å². The van der Waals surface area contributed by atoms with Crippen LogP contribution in [0.5, 0.6) is 0 Å². The number of alkyl halides is 1. The Labute approximate surface area is 89.5 Å². The molecule has 1 aromatic carbocycles. The summed E-state index contributed by atoms with van der Waals surface area (Å²) >= 11 is 3.70. The van der Waals surface area contributed by atoms with Crippen LogP contribution >= 0.6 is 15.9 Å². The van der Waals surface area contributed by atoms with Gasteiger partial charge in [-0.1, -0.05) is 60.1 Å². The summed E-state index contributed by atoms with van der Waals surface area (Å²) in [5, 5.41) is 0. The summed E-state index contributed by atoms with van der Waals surface area (Å²) in [6.45, 7) is 4.52. The van der Waals surface area contributed by atoms with Crippen LogP contribution in [-0.4, -0.2) is 4.83 Å². The van der Waals surface area contributed by atoms with Crippen molar-refractivity contribution in [3.05, 3.63) is 35.9 Å². The van der Waals surface area contributed by atoms with Crippen LogP contribution in [0.4, 0.5) is 0 Å². The minimum Gasteiger partial charge on any atom is -0.0888 e. The maximum Gasteiger partial charge on any atom is 0.0172 e. The van der Waals surface area contributed by atoms with E-state index < -0.39 is 0 Å². The van der Waals surface area contributed by atoms with Crippen molar-refractivity contribution in [1.82, 2.24) is 0 Å². The van der Waals surface area contributed by atoms with E-state index in [1.54, 1.807) is 0 Å². The number of halogens is 1. The topological polar surface area (TPSA) is 0 Å². The molecule has 0 aromatic heterocycles. The van der Waals surface area contributed by atoms with Gasteiger partial charge in [0.15, 0.2) is 0 Å². The van der Waals surface area contributed by atoms with Crippen molar-refractivity contribution < 1.29 is 0 Å². The molecule has 0 radical (unpaired) electrons. The second-order valence-corrected chi connectivity index (χ2v) is 4.77. The molecule has 0 aliphatic rings. The highest BCUT2D eigenvalue weighted by Crippen LogP contribution is 2.20. The van der Waals surface area contributed by atoms with Crippen molar-refractivity contribution in [2.75, 3.05) is 0 Å². The van der Waals surface area contributed by atoms with Gasteiger partial charge in [0.25, 0.3) is 0 Å². The minimum atomic E-state index is 0.646. The van der Waals surface area contributed by atoms with Crippen LogP contribution in [0, 0.1) is 5.92 Å². The van der Waals surface area contributed by atoms with E-state index in [4.69, 9.17) is 0 Å². The van der Waals surface area contributed by atoms with Gasteiger partial charge in [0, 0.05) is 4.83 Å². The Hall–Kier alpha value is -0.300. The zero-order valence-electron chi connectivity index (χ0n) is 8.33. The number of hydrogen-bond acceptors (Lipinski definition) is 0. The lowest BCUT2D eigenvalue weighted by Crippen LogP contribution is -2.12. The largest absolute Gasteiger partial charge is 0.0888 e. The average Bonchev–Trinajstić information content (AvgIpc) is 2.18. The molecule has 0 nitrogen and oxygen atoms in total. The predicted molar refractivity (Wildman–Crippen MR) is 62.3 cm³/mol. The summed E-state index contributed by atoms with van der Waals surface area (Å²) in [6.07, 6.45) is 2.37. The van der Waals surface area contributed by atoms with Crippen LogP contribution in [0.1, 0.15) is 25.8 Å². The molecule has 0 heterocycles. The van der Waals surface area contributed by atoms with Crippen LogP contribution in [0.2, 0.25) is 0 Å². The molecule has 2 unspecified atom stereocenters. The Balaban J connectivity index is 2.50. The zero-order chi connectivity index (χ0) is 9.68. The first-order valence-electron chi connectivity index (χ1n) is 4.92. The SMILES string of the molecule is CCC(Br)C(C)Cc1ccccc1. The van der Waals surface area contributed by atoms with E-state index in [-0.39, 0.29) is 0 Å². The van der Waals surface area contributed by atoms with Gasteiger partial charge in [0.1, 0.15) is 0 Å². The molecule has 0 saturated carbocycles. The molecule has 0 saturated heterocycles. The van der Waals surface area contributed by atoms with E-state index in [1.807, 2.05) is 0 Å². The van der Waals surface area contributed by atoms with Crippen molar-refractivity contribution >= 4 is 15.9 Å². The lowest BCUT2D eigenvalue weighted by atomic mass is 9.97. The number of rotatable bonds is 4. The van der Waals surface area contributed by atoms with Crippen LogP contribution in [0.25, 0.3) is 0 Å². The third kappa shape index (κ3) is 3.51. The molecule has 0 aliphatic carbocycles. The first-order chi connectivity index (χ1) is 6.24. The van der Waals surface area contributed by atoms with Gasteiger partial charge in [0.2, 0.25) is 0 Å². The number of benzene rings is 1. The monoisotopic (exact) mass is 240 g/mol. The van der Waals surface area contributed by atoms with E-state index in [0.717, 1.165) is 0 Å². The molecular formula is C12H17Br. The highest BCUT2D eigenvalue weighted by Gasteiger charge is 2.11. The van der Waals surface area contributed by atoms with E-state index in [9.17, 15) is 0 Å². The Bertz CT molecular complexity index is 230. The van der Waals surface area contributed by atoms with E-state index in [1.165, 1.54) is 18.4 Å². The molecule has 0 aliphatic heterocycles. The van der Waals surface area contributed by atoms with Gasteiger partial charge in [-0.2, -0.15) is 0 Å². The van der Waals surface area contributed by atoms with E-state index in [0.29, 0.717) is 10.7 Å². The van der Waals surface area contributed by atoms with E-state index in [2.05, 4.69) is 60.1 Å². The summed E-state index contributed by atoms with van der Waals surface area (Å²) in [7, 11) is 0. The second-order valence-electron chi connectivity index (χ2n) is 3.59. The fourth-order valence-corrected chi connectivity index (χ4v) is 1.70. The molecule has 72 valence electrons. The first kappa shape index (κ1) is 10.8. The van der Waals surface area contributed by atoms with Crippen LogP contribution in [-0.2, 0) is 6.42 Å². The van der Waals surface area contributed by atoms with Crippen LogP contribution in [0.15, 0.2) is 30.3 Å². The van der Waals surface area contributed by atoms with Crippen molar-refractivity contribution in [2.24, 2.45) is 5.92 Å². The van der Waals surface area contributed by atoms with E-state index >= 15 is 0 Å². The summed E-state index contributed by atoms with van der Waals surface area (Å²) in [5.41, 5.74) is 1.44. The third-order valence-electron chi connectivity index (χ3n) is 2.41. The van der Waals surface area contributed by atoms with Gasteiger partial charge < -0.3 is 0 Å². The Morgan fingerprint density at radius 3 is 2.38 bits per heavy atom. The van der Waals surface area contributed by atoms with Crippen LogP contribution < -0.4 is 0 Å². The highest BCUT2D eigenvalue weighted by atomic mass is 79.9. The number of hydrogen-bond donors (Lipinski definition) is 0. The Morgan fingerprint density at radius 2 is 1.85 bits per heavy atom. The highest BCUT2D eigenvalue weighted by molar-refractivity contribution is 9.09. The van der Waals surface area contributed by atoms with Gasteiger partial charge in [-0.05, 0) is 24.3 Å². The molecule has 0 bridgehead atoms. The standard InChI is InChI=1S/C12H17Br/c1-3-12(13)10(2)9-11-7-5-4-6-8-11/h4-8,10,12H,3,9H2,1-2H3. The van der Waals surface area contributed by atoms with Crippen molar-refractivity contribution in [1.29, 1.82) is 0 Å². The molecule has 1 rings (SSSR count). The zero-order valence-corrected chi connectivity index (χ0v) is 9.92. The quantitative estimate of drug-likeness (QED) is 0.698. The van der Waals surface area contributed by atoms with Crippen LogP contribution in [0.3, 0.4) is 0 Å². The molecule has 13 heavy (non-hydrogen) atoms. The fraction of sp³-hybridized carbons (Fsp3) is 0.500. The lowest BCUT2D eigenvalue weighted by Gasteiger charge is -2.16. The molecule has 0 fully saturated rings. The van der Waals surface area contributed by atoms with Crippen molar-refractivity contribution in [2.45, 2.75) is 31.5 Å². The van der Waals surface area contributed by atoms with Gasteiger partial charge in [0.05, 0.1) is 0 Å². The summed E-state index contributed by atoms with van der Waals surface area (Å²) < 4.78 is 0. The van der Waals surface area contributed by atoms with Crippen molar-refractivity contribution in [3.8, 4) is 0 Å².